The van der Waals surface area contributed by atoms with Gasteiger partial charge in [0.25, 0.3) is 0 Å². The topological polar surface area (TPSA) is 87.6 Å². The van der Waals surface area contributed by atoms with Crippen molar-refractivity contribution in [3.63, 3.8) is 0 Å². The normalized spacial score (nSPS) is 19.6. The van der Waals surface area contributed by atoms with E-state index in [9.17, 15) is 0 Å². The molecule has 1 unspecified atom stereocenters. The van der Waals surface area contributed by atoms with Crippen LogP contribution in [0.25, 0.3) is 0 Å². The Morgan fingerprint density at radius 3 is 2.94 bits per heavy atom. The van der Waals surface area contributed by atoms with Gasteiger partial charge in [-0.15, -0.1) is 11.8 Å². The van der Waals surface area contributed by atoms with E-state index in [0.29, 0.717) is 10.6 Å². The van der Waals surface area contributed by atoms with Crippen molar-refractivity contribution in [3.8, 4) is 6.07 Å². The number of anilines is 1. The minimum atomic E-state index is 0.144. The van der Waals surface area contributed by atoms with Gasteiger partial charge in [0, 0.05) is 0 Å². The summed E-state index contributed by atoms with van der Waals surface area (Å²) < 4.78 is 0. The SMILES string of the molecule is CSc1nc(N)nc(C2CCCN2)c1C#N. The highest BCUT2D eigenvalue weighted by Gasteiger charge is 2.23. The summed E-state index contributed by atoms with van der Waals surface area (Å²) in [4.78, 5) is 8.28. The van der Waals surface area contributed by atoms with Crippen molar-refractivity contribution in [2.24, 2.45) is 0 Å². The number of rotatable bonds is 2. The third-order valence-electron chi connectivity index (χ3n) is 2.62. The first-order valence-corrected chi connectivity index (χ1v) is 6.33. The molecule has 0 aliphatic carbocycles. The van der Waals surface area contributed by atoms with E-state index < -0.39 is 0 Å². The first kappa shape index (κ1) is 11.2. The van der Waals surface area contributed by atoms with Crippen LogP contribution in [0.1, 0.15) is 30.1 Å². The molecule has 0 radical (unpaired) electrons. The Morgan fingerprint density at radius 2 is 2.38 bits per heavy atom. The van der Waals surface area contributed by atoms with Crippen molar-refractivity contribution in [2.75, 3.05) is 18.5 Å². The van der Waals surface area contributed by atoms with Crippen LogP contribution in [0.5, 0.6) is 0 Å². The number of nitrogen functional groups attached to an aromatic ring is 1. The summed E-state index contributed by atoms with van der Waals surface area (Å²) in [5, 5.41) is 13.2. The molecule has 0 amide bonds. The molecular weight excluding hydrogens is 222 g/mol. The molecule has 0 spiro atoms. The van der Waals surface area contributed by atoms with Crippen molar-refractivity contribution < 1.29 is 0 Å². The maximum atomic E-state index is 9.17. The van der Waals surface area contributed by atoms with Crippen LogP contribution in [-0.4, -0.2) is 22.8 Å². The van der Waals surface area contributed by atoms with Crippen LogP contribution in [0.2, 0.25) is 0 Å². The summed E-state index contributed by atoms with van der Waals surface area (Å²) >= 11 is 1.43. The summed E-state index contributed by atoms with van der Waals surface area (Å²) in [5.74, 6) is 0.243. The van der Waals surface area contributed by atoms with E-state index in [1.165, 1.54) is 11.8 Å². The van der Waals surface area contributed by atoms with Crippen LogP contribution >= 0.6 is 11.8 Å². The van der Waals surface area contributed by atoms with E-state index >= 15 is 0 Å². The Hall–Kier alpha value is -1.32. The molecule has 1 aromatic heterocycles. The average Bonchev–Trinajstić information content (AvgIpc) is 2.81. The number of nitrogens with zero attached hydrogens (tertiary/aromatic N) is 3. The summed E-state index contributed by atoms with van der Waals surface area (Å²) in [6, 6.07) is 2.32. The summed E-state index contributed by atoms with van der Waals surface area (Å²) in [7, 11) is 0. The highest BCUT2D eigenvalue weighted by atomic mass is 32.2. The number of nitrogens with one attached hydrogen (secondary N) is 1. The first-order valence-electron chi connectivity index (χ1n) is 5.11. The quantitative estimate of drug-likeness (QED) is 0.589. The zero-order chi connectivity index (χ0) is 11.5. The van der Waals surface area contributed by atoms with Gasteiger partial charge >= 0.3 is 0 Å². The highest BCUT2D eigenvalue weighted by Crippen LogP contribution is 2.29. The van der Waals surface area contributed by atoms with Crippen LogP contribution < -0.4 is 11.1 Å². The maximum Gasteiger partial charge on any atom is 0.221 e. The summed E-state index contributed by atoms with van der Waals surface area (Å²) in [6.07, 6.45) is 3.99. The third-order valence-corrected chi connectivity index (χ3v) is 3.30. The molecular formula is C10H13N5S. The fourth-order valence-electron chi connectivity index (χ4n) is 1.90. The lowest BCUT2D eigenvalue weighted by molar-refractivity contribution is 0.621. The standard InChI is InChI=1S/C10H13N5S/c1-16-9-6(5-11)8(14-10(12)15-9)7-3-2-4-13-7/h7,13H,2-4H2,1H3,(H2,12,14,15). The number of aromatic nitrogens is 2. The van der Waals surface area contributed by atoms with E-state index in [-0.39, 0.29) is 12.0 Å². The Bertz CT molecular complexity index is 434. The van der Waals surface area contributed by atoms with Crippen LogP contribution in [-0.2, 0) is 0 Å². The molecule has 0 aromatic carbocycles. The van der Waals surface area contributed by atoms with Gasteiger partial charge in [0.1, 0.15) is 16.7 Å². The second kappa shape index (κ2) is 4.68. The molecule has 1 aromatic rings. The lowest BCUT2D eigenvalue weighted by Gasteiger charge is -2.13. The minimum Gasteiger partial charge on any atom is -0.368 e. The Balaban J connectivity index is 2.49. The van der Waals surface area contributed by atoms with Gasteiger partial charge in [-0.1, -0.05) is 0 Å². The lowest BCUT2D eigenvalue weighted by Crippen LogP contribution is -2.17. The van der Waals surface area contributed by atoms with Crippen LogP contribution in [0.15, 0.2) is 5.03 Å². The second-order valence-corrected chi connectivity index (χ2v) is 4.41. The zero-order valence-electron chi connectivity index (χ0n) is 9.03. The first-order chi connectivity index (χ1) is 7.76. The van der Waals surface area contributed by atoms with Gasteiger partial charge in [-0.25, -0.2) is 9.97 Å². The maximum absolute atomic E-state index is 9.17. The Kier molecular flexibility index (Phi) is 3.27. The Labute approximate surface area is 98.5 Å². The number of nitriles is 1. The van der Waals surface area contributed by atoms with Gasteiger partial charge in [-0.3, -0.25) is 0 Å². The van der Waals surface area contributed by atoms with Gasteiger partial charge in [-0.2, -0.15) is 5.26 Å². The molecule has 1 aliphatic heterocycles. The average molecular weight is 235 g/mol. The molecule has 0 bridgehead atoms. The van der Waals surface area contributed by atoms with Crippen molar-refractivity contribution in [1.82, 2.24) is 15.3 Å². The molecule has 1 saturated heterocycles. The van der Waals surface area contributed by atoms with Crippen LogP contribution in [0, 0.1) is 11.3 Å². The summed E-state index contributed by atoms with van der Waals surface area (Å²) in [5.41, 5.74) is 6.96. The predicted molar refractivity (Wildman–Crippen MR) is 62.9 cm³/mol. The second-order valence-electron chi connectivity index (χ2n) is 3.61. The van der Waals surface area contributed by atoms with Gasteiger partial charge in [0.2, 0.25) is 5.95 Å². The minimum absolute atomic E-state index is 0.144. The van der Waals surface area contributed by atoms with Gasteiger partial charge in [0.05, 0.1) is 11.7 Å². The predicted octanol–water partition coefficient (Wildman–Crippen LogP) is 1.08. The van der Waals surface area contributed by atoms with E-state index in [2.05, 4.69) is 21.4 Å². The van der Waals surface area contributed by atoms with Crippen molar-refractivity contribution in [3.05, 3.63) is 11.3 Å². The molecule has 1 aliphatic rings. The molecule has 5 nitrogen and oxygen atoms in total. The molecule has 0 saturated carbocycles. The van der Waals surface area contributed by atoms with Crippen molar-refractivity contribution in [2.45, 2.75) is 23.9 Å². The molecule has 16 heavy (non-hydrogen) atoms. The van der Waals surface area contributed by atoms with Gasteiger partial charge in [0.15, 0.2) is 0 Å². The molecule has 2 rings (SSSR count). The lowest BCUT2D eigenvalue weighted by atomic mass is 10.1. The number of nitrogens with two attached hydrogens (primary N) is 1. The molecule has 3 N–H and O–H groups in total. The molecule has 84 valence electrons. The fraction of sp³-hybridized carbons (Fsp3) is 0.500. The Morgan fingerprint density at radius 1 is 1.56 bits per heavy atom. The van der Waals surface area contributed by atoms with Gasteiger partial charge in [-0.05, 0) is 25.6 Å². The number of hydrogen-bond acceptors (Lipinski definition) is 6. The van der Waals surface area contributed by atoms with Crippen LogP contribution in [0.4, 0.5) is 5.95 Å². The smallest absolute Gasteiger partial charge is 0.221 e. The number of hydrogen-bond donors (Lipinski definition) is 2. The third kappa shape index (κ3) is 1.96. The molecule has 6 heteroatoms. The van der Waals surface area contributed by atoms with Gasteiger partial charge < -0.3 is 11.1 Å². The van der Waals surface area contributed by atoms with E-state index in [1.807, 2.05) is 6.26 Å². The van der Waals surface area contributed by atoms with Crippen LogP contribution in [0.3, 0.4) is 0 Å². The largest absolute Gasteiger partial charge is 0.368 e. The monoisotopic (exact) mass is 235 g/mol. The number of thioether (sulfide) groups is 1. The molecule has 2 heterocycles. The highest BCUT2D eigenvalue weighted by molar-refractivity contribution is 7.98. The molecule has 1 atom stereocenters. The van der Waals surface area contributed by atoms with Crippen molar-refractivity contribution in [1.29, 1.82) is 5.26 Å². The zero-order valence-corrected chi connectivity index (χ0v) is 9.84. The van der Waals surface area contributed by atoms with E-state index in [4.69, 9.17) is 11.0 Å². The van der Waals surface area contributed by atoms with Crippen molar-refractivity contribution >= 4 is 17.7 Å². The summed E-state index contributed by atoms with van der Waals surface area (Å²) in [6.45, 7) is 0.966. The van der Waals surface area contributed by atoms with E-state index in [0.717, 1.165) is 25.1 Å². The van der Waals surface area contributed by atoms with E-state index in [1.54, 1.807) is 0 Å². The molecule has 1 fully saturated rings. The fourth-order valence-corrected chi connectivity index (χ4v) is 2.44.